The van der Waals surface area contributed by atoms with Crippen molar-refractivity contribution in [3.05, 3.63) is 93.5 Å². The molecule has 5 heteroatoms. The molecule has 1 heterocycles. The van der Waals surface area contributed by atoms with Crippen LogP contribution in [0.4, 0.5) is 5.69 Å². The van der Waals surface area contributed by atoms with Crippen molar-refractivity contribution in [3.8, 4) is 11.4 Å². The van der Waals surface area contributed by atoms with E-state index >= 15 is 0 Å². The number of ether oxygens (including phenoxy) is 1. The Hall–Kier alpha value is -3.86. The summed E-state index contributed by atoms with van der Waals surface area (Å²) in [5.41, 5.74) is 2.60. The summed E-state index contributed by atoms with van der Waals surface area (Å²) in [6.07, 6.45) is 6.94. The predicted molar refractivity (Wildman–Crippen MR) is 126 cm³/mol. The molecule has 3 rings (SSSR count). The summed E-state index contributed by atoms with van der Waals surface area (Å²) in [5, 5.41) is 0.820. The van der Waals surface area contributed by atoms with E-state index in [4.69, 9.17) is 4.74 Å². The first-order valence-corrected chi connectivity index (χ1v) is 9.49. The number of methoxy groups -OCH3 is 1. The van der Waals surface area contributed by atoms with E-state index in [1.165, 1.54) is 0 Å². The molecule has 0 fully saturated rings. The van der Waals surface area contributed by atoms with Gasteiger partial charge in [0.2, 0.25) is 0 Å². The zero-order valence-corrected chi connectivity index (χ0v) is 17.5. The highest BCUT2D eigenvalue weighted by Crippen LogP contribution is 2.16. The van der Waals surface area contributed by atoms with Gasteiger partial charge in [0, 0.05) is 19.8 Å². The maximum Gasteiger partial charge on any atom is 0.266 e. The second-order valence-corrected chi connectivity index (χ2v) is 6.89. The Balaban J connectivity index is 2.15. The molecular formula is C25H25N3O2. The minimum atomic E-state index is -0.206. The fourth-order valence-corrected chi connectivity index (χ4v) is 3.03. The van der Waals surface area contributed by atoms with Crippen molar-refractivity contribution in [2.45, 2.75) is 0 Å². The normalized spacial score (nSPS) is 11.6. The monoisotopic (exact) mass is 399 g/mol. The molecule has 152 valence electrons. The molecule has 0 aliphatic heterocycles. The number of rotatable bonds is 6. The number of hydrogen-bond donors (Lipinski definition) is 0. The van der Waals surface area contributed by atoms with Crippen LogP contribution in [0.1, 0.15) is 11.4 Å². The molecule has 2 aromatic carbocycles. The first-order chi connectivity index (χ1) is 14.4. The van der Waals surface area contributed by atoms with Crippen LogP contribution in [0, 0.1) is 0 Å². The number of hydrogen-bond acceptors (Lipinski definition) is 4. The summed E-state index contributed by atoms with van der Waals surface area (Å²) in [5.74, 6) is 1.21. The van der Waals surface area contributed by atoms with Crippen LogP contribution in [0.5, 0.6) is 5.75 Å². The zero-order valence-electron chi connectivity index (χ0n) is 17.5. The molecular weight excluding hydrogens is 374 g/mol. The molecule has 0 spiro atoms. The van der Waals surface area contributed by atoms with E-state index in [-0.39, 0.29) is 5.56 Å². The molecule has 0 saturated carbocycles. The van der Waals surface area contributed by atoms with E-state index in [9.17, 15) is 4.79 Å². The molecule has 0 saturated heterocycles. The Morgan fingerprint density at radius 2 is 1.70 bits per heavy atom. The van der Waals surface area contributed by atoms with Gasteiger partial charge < -0.3 is 9.64 Å². The van der Waals surface area contributed by atoms with Crippen molar-refractivity contribution in [1.29, 1.82) is 0 Å². The lowest BCUT2D eigenvalue weighted by Crippen LogP contribution is -2.46. The van der Waals surface area contributed by atoms with E-state index < -0.39 is 0 Å². The first-order valence-electron chi connectivity index (χ1n) is 9.49. The number of benzene rings is 2. The first kappa shape index (κ1) is 20.9. The van der Waals surface area contributed by atoms with Gasteiger partial charge in [0.15, 0.2) is 0 Å². The Morgan fingerprint density at radius 3 is 2.27 bits per heavy atom. The van der Waals surface area contributed by atoms with Crippen molar-refractivity contribution in [1.82, 2.24) is 9.55 Å². The quantitative estimate of drug-likeness (QED) is 0.640. The standard InChI is InChI=1S/C25H25N3O2/c1-6-7-23-18(2)26-24(17-10-19-8-11-20(12-9-19)27(3)4)28(25(23)29)21-13-15-22(30-5)16-14-21/h6-17H,1-2H2,3-5H3/b17-10+,23-7+. The van der Waals surface area contributed by atoms with E-state index in [0.29, 0.717) is 27.8 Å². The molecule has 1 aromatic heterocycles. The van der Waals surface area contributed by atoms with Crippen molar-refractivity contribution < 1.29 is 4.74 Å². The Kier molecular flexibility index (Phi) is 6.32. The maximum atomic E-state index is 13.2. The number of allylic oxidation sites excluding steroid dienone is 1. The molecule has 0 bridgehead atoms. The van der Waals surface area contributed by atoms with E-state index in [0.717, 1.165) is 11.3 Å². The van der Waals surface area contributed by atoms with Crippen LogP contribution in [-0.2, 0) is 0 Å². The van der Waals surface area contributed by atoms with E-state index in [2.05, 4.69) is 18.1 Å². The van der Waals surface area contributed by atoms with Gasteiger partial charge >= 0.3 is 0 Å². The lowest BCUT2D eigenvalue weighted by molar-refractivity contribution is 0.414. The highest BCUT2D eigenvalue weighted by atomic mass is 16.5. The topological polar surface area (TPSA) is 47.4 Å². The summed E-state index contributed by atoms with van der Waals surface area (Å²) in [6.45, 7) is 7.63. The smallest absolute Gasteiger partial charge is 0.266 e. The average molecular weight is 399 g/mol. The Morgan fingerprint density at radius 1 is 1.03 bits per heavy atom. The molecule has 0 amide bonds. The van der Waals surface area contributed by atoms with Crippen LogP contribution in [-0.4, -0.2) is 30.8 Å². The van der Waals surface area contributed by atoms with E-state index in [1.807, 2.05) is 79.7 Å². The van der Waals surface area contributed by atoms with Gasteiger partial charge in [-0.3, -0.25) is 9.36 Å². The van der Waals surface area contributed by atoms with Gasteiger partial charge in [0.05, 0.1) is 23.4 Å². The van der Waals surface area contributed by atoms with E-state index in [1.54, 1.807) is 23.8 Å². The van der Waals surface area contributed by atoms with Crippen LogP contribution in [0.15, 0.2) is 66.0 Å². The van der Waals surface area contributed by atoms with Crippen molar-refractivity contribution in [3.63, 3.8) is 0 Å². The molecule has 0 radical (unpaired) electrons. The third-order valence-corrected chi connectivity index (χ3v) is 4.67. The Bertz CT molecular complexity index is 1240. The van der Waals surface area contributed by atoms with Gasteiger partial charge in [0.25, 0.3) is 5.56 Å². The van der Waals surface area contributed by atoms with Gasteiger partial charge in [-0.15, -0.1) is 0 Å². The van der Waals surface area contributed by atoms with Gasteiger partial charge in [0.1, 0.15) is 11.6 Å². The number of anilines is 1. The van der Waals surface area contributed by atoms with Gasteiger partial charge in [-0.05, 0) is 54.1 Å². The lowest BCUT2D eigenvalue weighted by atomic mass is 10.2. The minimum Gasteiger partial charge on any atom is -0.497 e. The third kappa shape index (κ3) is 4.41. The summed E-state index contributed by atoms with van der Waals surface area (Å²) in [4.78, 5) is 19.8. The van der Waals surface area contributed by atoms with Gasteiger partial charge in [-0.25, -0.2) is 4.98 Å². The fraction of sp³-hybridized carbons (Fsp3) is 0.120. The largest absolute Gasteiger partial charge is 0.497 e. The summed E-state index contributed by atoms with van der Waals surface area (Å²) in [7, 11) is 5.60. The Labute approximate surface area is 176 Å². The maximum absolute atomic E-state index is 13.2. The summed E-state index contributed by atoms with van der Waals surface area (Å²) >= 11 is 0. The molecule has 30 heavy (non-hydrogen) atoms. The molecule has 0 atom stereocenters. The van der Waals surface area contributed by atoms with Crippen LogP contribution >= 0.6 is 0 Å². The van der Waals surface area contributed by atoms with Crippen molar-refractivity contribution in [2.24, 2.45) is 0 Å². The van der Waals surface area contributed by atoms with Gasteiger partial charge in [-0.1, -0.05) is 37.4 Å². The van der Waals surface area contributed by atoms with Crippen LogP contribution in [0.25, 0.3) is 30.5 Å². The number of nitrogens with zero attached hydrogens (tertiary/aromatic N) is 3. The summed E-state index contributed by atoms with van der Waals surface area (Å²) < 4.78 is 6.79. The highest BCUT2D eigenvalue weighted by Gasteiger charge is 2.09. The molecule has 3 aromatic rings. The molecule has 0 aliphatic rings. The predicted octanol–water partition coefficient (Wildman–Crippen LogP) is 2.85. The zero-order chi connectivity index (χ0) is 21.7. The van der Waals surface area contributed by atoms with Crippen LogP contribution in [0.3, 0.4) is 0 Å². The van der Waals surface area contributed by atoms with Crippen LogP contribution < -0.4 is 25.8 Å². The molecule has 0 aliphatic carbocycles. The number of aromatic nitrogens is 2. The highest BCUT2D eigenvalue weighted by molar-refractivity contribution is 5.68. The van der Waals surface area contributed by atoms with Crippen molar-refractivity contribution >= 4 is 30.5 Å². The second-order valence-electron chi connectivity index (χ2n) is 6.89. The lowest BCUT2D eigenvalue weighted by Gasteiger charge is -2.12. The SMILES string of the molecule is C=C/C=c1\c(=C)nc(/C=C/c2ccc(N(C)C)cc2)n(-c2ccc(OC)cc2)c1=O. The minimum absolute atomic E-state index is 0.206. The fourth-order valence-electron chi connectivity index (χ4n) is 3.03. The molecule has 0 N–H and O–H groups in total. The molecule has 5 nitrogen and oxygen atoms in total. The average Bonchev–Trinajstić information content (AvgIpc) is 2.75. The second kappa shape index (κ2) is 9.09. The van der Waals surface area contributed by atoms with Crippen LogP contribution in [0.2, 0.25) is 0 Å². The third-order valence-electron chi connectivity index (χ3n) is 4.67. The molecule has 0 unspecified atom stereocenters. The summed E-state index contributed by atoms with van der Waals surface area (Å²) in [6, 6.07) is 15.4. The van der Waals surface area contributed by atoms with Crippen molar-refractivity contribution in [2.75, 3.05) is 26.1 Å². The van der Waals surface area contributed by atoms with Gasteiger partial charge in [-0.2, -0.15) is 0 Å².